The summed E-state index contributed by atoms with van der Waals surface area (Å²) >= 11 is 5.57. The highest BCUT2D eigenvalue weighted by atomic mass is 32.1. The minimum absolute atomic E-state index is 0.0492. The minimum Gasteiger partial charge on any atom is -0.504 e. The zero-order valence-corrected chi connectivity index (χ0v) is 17.7. The van der Waals surface area contributed by atoms with Crippen molar-refractivity contribution < 1.29 is 14.4 Å². The Balaban J connectivity index is 1.82. The van der Waals surface area contributed by atoms with Gasteiger partial charge in [0.25, 0.3) is 5.89 Å². The summed E-state index contributed by atoms with van der Waals surface area (Å²) in [7, 11) is 1.51. The van der Waals surface area contributed by atoms with E-state index in [2.05, 4.69) is 15.5 Å². The molecule has 8 heteroatoms. The van der Waals surface area contributed by atoms with Gasteiger partial charge in [0.05, 0.1) is 18.7 Å². The zero-order chi connectivity index (χ0) is 21.3. The van der Waals surface area contributed by atoms with E-state index >= 15 is 0 Å². The lowest BCUT2D eigenvalue weighted by atomic mass is 9.94. The van der Waals surface area contributed by atoms with Gasteiger partial charge in [-0.15, -0.1) is 0 Å². The highest BCUT2D eigenvalue weighted by Crippen LogP contribution is 2.39. The molecule has 0 spiro atoms. The number of hydrogen-bond acceptors (Lipinski definition) is 6. The second-order valence-corrected chi connectivity index (χ2v) is 7.23. The van der Waals surface area contributed by atoms with Crippen LogP contribution in [0.4, 0.5) is 0 Å². The SMILES string of the molecule is CCN1C(=S)NC(c2ccc(OC)c(O)c2)C(c2nc(-c3ccccc3)no2)=C1C. The topological polar surface area (TPSA) is 83.7 Å². The molecular formula is C22H22N4O3S. The van der Waals surface area contributed by atoms with E-state index in [1.165, 1.54) is 7.11 Å². The van der Waals surface area contributed by atoms with Crippen LogP contribution >= 0.6 is 12.2 Å². The van der Waals surface area contributed by atoms with Gasteiger partial charge in [0.1, 0.15) is 0 Å². The summed E-state index contributed by atoms with van der Waals surface area (Å²) in [6, 6.07) is 14.6. The van der Waals surface area contributed by atoms with Gasteiger partial charge in [0, 0.05) is 17.8 Å². The Morgan fingerprint density at radius 3 is 2.67 bits per heavy atom. The Labute approximate surface area is 180 Å². The number of nitrogens with zero attached hydrogens (tertiary/aromatic N) is 3. The normalized spacial score (nSPS) is 16.6. The summed E-state index contributed by atoms with van der Waals surface area (Å²) in [6.45, 7) is 4.70. The van der Waals surface area contributed by atoms with Crippen LogP contribution in [0.25, 0.3) is 17.0 Å². The predicted octanol–water partition coefficient (Wildman–Crippen LogP) is 4.13. The molecule has 0 amide bonds. The molecule has 1 aliphatic rings. The van der Waals surface area contributed by atoms with Gasteiger partial charge in [-0.1, -0.05) is 41.6 Å². The van der Waals surface area contributed by atoms with Crippen LogP contribution < -0.4 is 10.1 Å². The van der Waals surface area contributed by atoms with Gasteiger partial charge < -0.3 is 24.6 Å². The molecule has 0 saturated carbocycles. The summed E-state index contributed by atoms with van der Waals surface area (Å²) < 4.78 is 10.8. The fraction of sp³-hybridized carbons (Fsp3) is 0.227. The average molecular weight is 423 g/mol. The van der Waals surface area contributed by atoms with Crippen molar-refractivity contribution in [1.29, 1.82) is 0 Å². The van der Waals surface area contributed by atoms with E-state index in [0.29, 0.717) is 29.1 Å². The minimum atomic E-state index is -0.360. The second kappa shape index (κ2) is 8.16. The monoisotopic (exact) mass is 422 g/mol. The van der Waals surface area contributed by atoms with Gasteiger partial charge in [-0.25, -0.2) is 0 Å². The van der Waals surface area contributed by atoms with Crippen LogP contribution in [-0.4, -0.2) is 38.9 Å². The van der Waals surface area contributed by atoms with E-state index in [1.54, 1.807) is 12.1 Å². The van der Waals surface area contributed by atoms with E-state index in [4.69, 9.17) is 21.5 Å². The number of phenols is 1. The molecular weight excluding hydrogens is 400 g/mol. The van der Waals surface area contributed by atoms with Crippen molar-refractivity contribution in [3.05, 3.63) is 65.7 Å². The molecule has 3 aromatic rings. The van der Waals surface area contributed by atoms with Gasteiger partial charge in [-0.05, 0) is 43.8 Å². The third-order valence-electron chi connectivity index (χ3n) is 5.14. The standard InChI is InChI=1S/C22H22N4O3S/c1-4-26-13(2)18(21-24-20(25-29-21)14-8-6-5-7-9-14)19(23-22(26)30)15-10-11-17(28-3)16(27)12-15/h5-12,19,27H,4H2,1-3H3,(H,23,30). The summed E-state index contributed by atoms with van der Waals surface area (Å²) in [5.41, 5.74) is 3.41. The van der Waals surface area contributed by atoms with Crippen molar-refractivity contribution in [2.45, 2.75) is 19.9 Å². The molecule has 1 aliphatic heterocycles. The van der Waals surface area contributed by atoms with Gasteiger partial charge in [-0.2, -0.15) is 4.98 Å². The lowest BCUT2D eigenvalue weighted by Gasteiger charge is -2.36. The first-order valence-corrected chi connectivity index (χ1v) is 9.99. The van der Waals surface area contributed by atoms with E-state index in [0.717, 1.165) is 22.4 Å². The zero-order valence-electron chi connectivity index (χ0n) is 16.9. The van der Waals surface area contributed by atoms with Crippen molar-refractivity contribution >= 4 is 22.9 Å². The first-order valence-electron chi connectivity index (χ1n) is 9.58. The van der Waals surface area contributed by atoms with Crippen LogP contribution in [0.2, 0.25) is 0 Å². The van der Waals surface area contributed by atoms with Crippen LogP contribution in [0.3, 0.4) is 0 Å². The number of aromatic nitrogens is 2. The maximum Gasteiger partial charge on any atom is 0.258 e. The number of aromatic hydroxyl groups is 1. The molecule has 1 unspecified atom stereocenters. The molecule has 2 N–H and O–H groups in total. The van der Waals surface area contributed by atoms with Crippen LogP contribution in [0.1, 0.15) is 31.3 Å². The van der Waals surface area contributed by atoms with E-state index in [-0.39, 0.29) is 11.8 Å². The Kier molecular flexibility index (Phi) is 5.41. The number of benzene rings is 2. The first kappa shape index (κ1) is 19.9. The van der Waals surface area contributed by atoms with Crippen LogP contribution in [0.15, 0.2) is 58.8 Å². The number of nitrogens with one attached hydrogen (secondary N) is 1. The molecule has 7 nitrogen and oxygen atoms in total. The molecule has 0 fully saturated rings. The molecule has 4 rings (SSSR count). The largest absolute Gasteiger partial charge is 0.504 e. The summed E-state index contributed by atoms with van der Waals surface area (Å²) in [6.07, 6.45) is 0. The van der Waals surface area contributed by atoms with Crippen molar-refractivity contribution in [3.8, 4) is 22.9 Å². The van der Waals surface area contributed by atoms with Gasteiger partial charge in [0.2, 0.25) is 5.82 Å². The lowest BCUT2D eigenvalue weighted by Crippen LogP contribution is -2.45. The smallest absolute Gasteiger partial charge is 0.258 e. The molecule has 0 bridgehead atoms. The number of rotatable bonds is 5. The second-order valence-electron chi connectivity index (χ2n) is 6.85. The Hall–Kier alpha value is -3.39. The number of allylic oxidation sites excluding steroid dienone is 1. The number of methoxy groups -OCH3 is 1. The molecule has 30 heavy (non-hydrogen) atoms. The van der Waals surface area contributed by atoms with Crippen LogP contribution in [0, 0.1) is 0 Å². The van der Waals surface area contributed by atoms with Gasteiger partial charge in [0.15, 0.2) is 16.6 Å². The van der Waals surface area contributed by atoms with E-state index in [9.17, 15) is 5.11 Å². The molecule has 154 valence electrons. The van der Waals surface area contributed by atoms with Gasteiger partial charge in [-0.3, -0.25) is 0 Å². The number of thiocarbonyl (C=S) groups is 1. The van der Waals surface area contributed by atoms with E-state index in [1.807, 2.05) is 55.1 Å². The predicted molar refractivity (Wildman–Crippen MR) is 118 cm³/mol. The maximum absolute atomic E-state index is 10.3. The molecule has 2 aromatic carbocycles. The quantitative estimate of drug-likeness (QED) is 0.594. The third-order valence-corrected chi connectivity index (χ3v) is 5.48. The highest BCUT2D eigenvalue weighted by molar-refractivity contribution is 7.80. The van der Waals surface area contributed by atoms with Crippen LogP contribution in [0.5, 0.6) is 11.5 Å². The highest BCUT2D eigenvalue weighted by Gasteiger charge is 2.33. The fourth-order valence-electron chi connectivity index (χ4n) is 3.61. The Morgan fingerprint density at radius 1 is 1.23 bits per heavy atom. The first-order chi connectivity index (χ1) is 14.5. The number of phenolic OH excluding ortho intramolecular Hbond substituents is 1. The molecule has 0 aliphatic carbocycles. The maximum atomic E-state index is 10.3. The number of hydrogen-bond donors (Lipinski definition) is 2. The molecule has 1 aromatic heterocycles. The molecule has 2 heterocycles. The molecule has 1 atom stereocenters. The Morgan fingerprint density at radius 2 is 2.00 bits per heavy atom. The summed E-state index contributed by atoms with van der Waals surface area (Å²) in [5, 5.41) is 18.4. The summed E-state index contributed by atoms with van der Waals surface area (Å²) in [4.78, 5) is 6.63. The third kappa shape index (κ3) is 3.50. The Bertz CT molecular complexity index is 1110. The molecule has 0 saturated heterocycles. The van der Waals surface area contributed by atoms with Crippen LogP contribution in [-0.2, 0) is 0 Å². The van der Waals surface area contributed by atoms with Crippen molar-refractivity contribution in [3.63, 3.8) is 0 Å². The number of ether oxygens (including phenoxy) is 1. The lowest BCUT2D eigenvalue weighted by molar-refractivity contribution is 0.372. The summed E-state index contributed by atoms with van der Waals surface area (Å²) in [5.74, 6) is 1.37. The van der Waals surface area contributed by atoms with Crippen molar-refractivity contribution in [2.75, 3.05) is 13.7 Å². The van der Waals surface area contributed by atoms with Crippen molar-refractivity contribution in [2.24, 2.45) is 0 Å². The van der Waals surface area contributed by atoms with Gasteiger partial charge >= 0.3 is 0 Å². The van der Waals surface area contributed by atoms with E-state index < -0.39 is 0 Å². The average Bonchev–Trinajstić information content (AvgIpc) is 3.24. The molecule has 0 radical (unpaired) electrons. The van der Waals surface area contributed by atoms with Crippen molar-refractivity contribution in [1.82, 2.24) is 20.4 Å². The fourth-order valence-corrected chi connectivity index (χ4v) is 4.00.